The van der Waals surface area contributed by atoms with Gasteiger partial charge >= 0.3 is 5.69 Å². The number of rotatable bonds is 3. The fourth-order valence-corrected chi connectivity index (χ4v) is 2.23. The van der Waals surface area contributed by atoms with Crippen LogP contribution in [0.5, 0.6) is 5.75 Å². The van der Waals surface area contributed by atoms with Crippen LogP contribution in [0, 0.1) is 15.5 Å². The molecule has 0 fully saturated rings. The van der Waals surface area contributed by atoms with Crippen molar-refractivity contribution in [3.8, 4) is 5.75 Å². The number of amides is 1. The summed E-state index contributed by atoms with van der Waals surface area (Å²) in [5.74, 6) is 0.0266. The number of carbonyl (C=O) groups excluding carboxylic acids is 1. The van der Waals surface area contributed by atoms with Crippen molar-refractivity contribution >= 4 is 17.3 Å². The molecule has 1 heterocycles. The van der Waals surface area contributed by atoms with Crippen molar-refractivity contribution in [2.24, 2.45) is 10.5 Å². The molecule has 0 saturated carbocycles. The summed E-state index contributed by atoms with van der Waals surface area (Å²) in [5, 5.41) is 15.1. The molecule has 106 valence electrons. The van der Waals surface area contributed by atoms with Gasteiger partial charge in [0.1, 0.15) is 0 Å². The Hall–Kier alpha value is -2.44. The highest BCUT2D eigenvalue weighted by Crippen LogP contribution is 2.33. The number of nitro groups is 1. The number of nitrogens with one attached hydrogen (secondary N) is 1. The lowest BCUT2D eigenvalue weighted by atomic mass is 9.79. The van der Waals surface area contributed by atoms with Gasteiger partial charge in [0.2, 0.25) is 5.91 Å². The van der Waals surface area contributed by atoms with Gasteiger partial charge in [0.15, 0.2) is 5.75 Å². The first kappa shape index (κ1) is 14.0. The lowest BCUT2D eigenvalue weighted by molar-refractivity contribution is -0.385. The molecular weight excluding hydrogens is 262 g/mol. The van der Waals surface area contributed by atoms with Gasteiger partial charge in [-0.15, -0.1) is 0 Å². The number of ether oxygens (including phenoxy) is 1. The van der Waals surface area contributed by atoms with Crippen molar-refractivity contribution in [1.82, 2.24) is 5.43 Å². The summed E-state index contributed by atoms with van der Waals surface area (Å²) in [4.78, 5) is 21.9. The van der Waals surface area contributed by atoms with E-state index in [1.54, 1.807) is 6.07 Å². The zero-order chi connectivity index (χ0) is 14.9. The minimum Gasteiger partial charge on any atom is -0.490 e. The molecule has 0 aromatic heterocycles. The van der Waals surface area contributed by atoms with E-state index in [1.165, 1.54) is 19.2 Å². The second-order valence-corrected chi connectivity index (χ2v) is 5.20. The molecule has 0 bridgehead atoms. The van der Waals surface area contributed by atoms with Crippen LogP contribution >= 0.6 is 0 Å². The van der Waals surface area contributed by atoms with Crippen LogP contribution in [0.4, 0.5) is 5.69 Å². The van der Waals surface area contributed by atoms with Crippen molar-refractivity contribution in [3.63, 3.8) is 0 Å². The molecule has 1 aliphatic heterocycles. The molecule has 7 nitrogen and oxygen atoms in total. The van der Waals surface area contributed by atoms with Crippen LogP contribution < -0.4 is 10.2 Å². The number of hydrogen-bond donors (Lipinski definition) is 1. The van der Waals surface area contributed by atoms with Gasteiger partial charge in [0.05, 0.1) is 17.7 Å². The van der Waals surface area contributed by atoms with Crippen molar-refractivity contribution in [2.45, 2.75) is 20.3 Å². The summed E-state index contributed by atoms with van der Waals surface area (Å²) in [7, 11) is 1.38. The molecule has 2 rings (SSSR count). The first-order valence-electron chi connectivity index (χ1n) is 6.05. The Morgan fingerprint density at radius 2 is 2.15 bits per heavy atom. The van der Waals surface area contributed by atoms with Crippen molar-refractivity contribution in [1.29, 1.82) is 0 Å². The normalized spacial score (nSPS) is 17.1. The fourth-order valence-electron chi connectivity index (χ4n) is 2.23. The number of nitro benzene ring substituents is 1. The van der Waals surface area contributed by atoms with Crippen molar-refractivity contribution in [2.75, 3.05) is 7.11 Å². The maximum Gasteiger partial charge on any atom is 0.311 e. The van der Waals surface area contributed by atoms with E-state index in [1.807, 2.05) is 13.8 Å². The second kappa shape index (κ2) is 4.92. The van der Waals surface area contributed by atoms with Gasteiger partial charge in [-0.05, 0) is 12.1 Å². The molecule has 20 heavy (non-hydrogen) atoms. The summed E-state index contributed by atoms with van der Waals surface area (Å²) in [6.07, 6.45) is 0.283. The molecule has 0 atom stereocenters. The van der Waals surface area contributed by atoms with Gasteiger partial charge in [-0.25, -0.2) is 5.43 Å². The zero-order valence-corrected chi connectivity index (χ0v) is 11.5. The van der Waals surface area contributed by atoms with E-state index in [4.69, 9.17) is 4.74 Å². The first-order chi connectivity index (χ1) is 9.35. The molecule has 0 saturated heterocycles. The molecular formula is C13H15N3O4. The van der Waals surface area contributed by atoms with Gasteiger partial charge in [0.25, 0.3) is 0 Å². The highest BCUT2D eigenvalue weighted by Gasteiger charge is 2.34. The smallest absolute Gasteiger partial charge is 0.311 e. The maximum absolute atomic E-state index is 11.4. The molecule has 1 N–H and O–H groups in total. The number of hydrazone groups is 1. The van der Waals surface area contributed by atoms with E-state index in [0.717, 1.165) is 0 Å². The lowest BCUT2D eigenvalue weighted by Gasteiger charge is -2.29. The zero-order valence-electron chi connectivity index (χ0n) is 11.5. The minimum absolute atomic E-state index is 0.125. The molecule has 7 heteroatoms. The summed E-state index contributed by atoms with van der Waals surface area (Å²) < 4.78 is 4.97. The standard InChI is InChI=1S/C13H15N3O4/c1-13(2)7-11(17)14-15-12(13)8-4-5-10(20-3)9(6-8)16(18)19/h4-6H,7H2,1-3H3,(H,14,17). The molecule has 0 radical (unpaired) electrons. The van der Waals surface area contributed by atoms with Gasteiger partial charge < -0.3 is 4.74 Å². The lowest BCUT2D eigenvalue weighted by Crippen LogP contribution is -2.39. The number of methoxy groups -OCH3 is 1. The van der Waals surface area contributed by atoms with Gasteiger partial charge in [-0.2, -0.15) is 5.10 Å². The summed E-state index contributed by atoms with van der Waals surface area (Å²) >= 11 is 0. The highest BCUT2D eigenvalue weighted by molar-refractivity contribution is 6.08. The van der Waals surface area contributed by atoms with Crippen LogP contribution in [0.3, 0.4) is 0 Å². The third kappa shape index (κ3) is 2.47. The minimum atomic E-state index is -0.503. The Bertz CT molecular complexity index is 608. The molecule has 1 aromatic rings. The average molecular weight is 277 g/mol. The van der Waals surface area contributed by atoms with Gasteiger partial charge in [-0.3, -0.25) is 14.9 Å². The third-order valence-corrected chi connectivity index (χ3v) is 3.18. The Kier molecular flexibility index (Phi) is 3.44. The fraction of sp³-hybridized carbons (Fsp3) is 0.385. The summed E-state index contributed by atoms with van der Waals surface area (Å²) in [5.41, 5.74) is 3.02. The largest absolute Gasteiger partial charge is 0.490 e. The molecule has 1 aromatic carbocycles. The van der Waals surface area contributed by atoms with Crippen LogP contribution in [-0.2, 0) is 4.79 Å². The van der Waals surface area contributed by atoms with E-state index >= 15 is 0 Å². The highest BCUT2D eigenvalue weighted by atomic mass is 16.6. The predicted octanol–water partition coefficient (Wildman–Crippen LogP) is 1.85. The van der Waals surface area contributed by atoms with Gasteiger partial charge in [-0.1, -0.05) is 13.8 Å². The number of carbonyl (C=O) groups is 1. The predicted molar refractivity (Wildman–Crippen MR) is 72.7 cm³/mol. The van der Waals surface area contributed by atoms with E-state index in [0.29, 0.717) is 11.3 Å². The summed E-state index contributed by atoms with van der Waals surface area (Å²) in [6, 6.07) is 4.64. The quantitative estimate of drug-likeness (QED) is 0.674. The summed E-state index contributed by atoms with van der Waals surface area (Å²) in [6.45, 7) is 3.75. The van der Waals surface area contributed by atoms with E-state index in [2.05, 4.69) is 10.5 Å². The van der Waals surface area contributed by atoms with Crippen LogP contribution in [0.1, 0.15) is 25.8 Å². The third-order valence-electron chi connectivity index (χ3n) is 3.18. The Morgan fingerprint density at radius 1 is 1.45 bits per heavy atom. The number of nitrogens with zero attached hydrogens (tertiary/aromatic N) is 2. The number of benzene rings is 1. The molecule has 0 aliphatic carbocycles. The van der Waals surface area contributed by atoms with Crippen molar-refractivity contribution < 1.29 is 14.5 Å². The first-order valence-corrected chi connectivity index (χ1v) is 6.05. The molecule has 0 unspecified atom stereocenters. The Morgan fingerprint density at radius 3 is 2.70 bits per heavy atom. The van der Waals surface area contributed by atoms with Crippen LogP contribution in [0.2, 0.25) is 0 Å². The SMILES string of the molecule is COc1ccc(C2=NNC(=O)CC2(C)C)cc1[N+](=O)[O-]. The topological polar surface area (TPSA) is 93.8 Å². The van der Waals surface area contributed by atoms with E-state index < -0.39 is 10.3 Å². The number of hydrogen-bond acceptors (Lipinski definition) is 5. The molecule has 1 amide bonds. The maximum atomic E-state index is 11.4. The molecule has 1 aliphatic rings. The van der Waals surface area contributed by atoms with E-state index in [-0.39, 0.29) is 23.8 Å². The van der Waals surface area contributed by atoms with E-state index in [9.17, 15) is 14.9 Å². The average Bonchev–Trinajstić information content (AvgIpc) is 2.36. The van der Waals surface area contributed by atoms with Gasteiger partial charge in [0, 0.05) is 23.5 Å². The Balaban J connectivity index is 2.51. The second-order valence-electron chi connectivity index (χ2n) is 5.20. The van der Waals surface area contributed by atoms with Crippen LogP contribution in [0.25, 0.3) is 0 Å². The van der Waals surface area contributed by atoms with Crippen LogP contribution in [-0.4, -0.2) is 23.7 Å². The Labute approximate surface area is 115 Å². The van der Waals surface area contributed by atoms with Crippen molar-refractivity contribution in [3.05, 3.63) is 33.9 Å². The molecule has 0 spiro atoms. The monoisotopic (exact) mass is 277 g/mol. The van der Waals surface area contributed by atoms with Crippen LogP contribution in [0.15, 0.2) is 23.3 Å².